The van der Waals surface area contributed by atoms with Crippen molar-refractivity contribution in [1.29, 1.82) is 5.26 Å². The predicted octanol–water partition coefficient (Wildman–Crippen LogP) is 3.46. The van der Waals surface area contributed by atoms with Gasteiger partial charge in [-0.05, 0) is 19.9 Å². The van der Waals surface area contributed by atoms with Gasteiger partial charge in [-0.15, -0.1) is 11.8 Å². The van der Waals surface area contributed by atoms with E-state index in [1.54, 1.807) is 11.8 Å². The molecule has 0 aromatic carbocycles. The lowest BCUT2D eigenvalue weighted by atomic mass is 10.2. The highest BCUT2D eigenvalue weighted by Gasteiger charge is 2.16. The highest BCUT2D eigenvalue weighted by molar-refractivity contribution is 8.00. The minimum atomic E-state index is 0.117. The fourth-order valence-corrected chi connectivity index (χ4v) is 2.52. The maximum atomic E-state index is 9.08. The first kappa shape index (κ1) is 12.1. The number of hydrogen-bond acceptors (Lipinski definition) is 3. The van der Waals surface area contributed by atoms with E-state index >= 15 is 0 Å². The van der Waals surface area contributed by atoms with Gasteiger partial charge < -0.3 is 0 Å². The van der Waals surface area contributed by atoms with Crippen LogP contribution in [0.15, 0.2) is 11.0 Å². The number of aryl methyl sites for hydroxylation is 2. The summed E-state index contributed by atoms with van der Waals surface area (Å²) in [6.07, 6.45) is 0. The topological polar surface area (TPSA) is 36.7 Å². The van der Waals surface area contributed by atoms with Crippen LogP contribution in [0.5, 0.6) is 0 Å². The van der Waals surface area contributed by atoms with E-state index in [1.807, 2.05) is 19.9 Å². The van der Waals surface area contributed by atoms with Gasteiger partial charge in [0.05, 0.1) is 11.3 Å². The fraction of sp³-hybridized carbons (Fsp3) is 0.500. The van der Waals surface area contributed by atoms with Crippen molar-refractivity contribution < 1.29 is 0 Å². The third-order valence-electron chi connectivity index (χ3n) is 1.82. The summed E-state index contributed by atoms with van der Waals surface area (Å²) in [5.74, 6) is 0. The van der Waals surface area contributed by atoms with Crippen molar-refractivity contribution in [2.24, 2.45) is 0 Å². The van der Waals surface area contributed by atoms with Crippen molar-refractivity contribution in [3.8, 4) is 6.07 Å². The monoisotopic (exact) mass is 220 g/mol. The molecule has 1 heterocycles. The summed E-state index contributed by atoms with van der Waals surface area (Å²) in [6.45, 7) is 10.3. The summed E-state index contributed by atoms with van der Waals surface area (Å²) in [7, 11) is 0. The van der Waals surface area contributed by atoms with Crippen LogP contribution in [0.1, 0.15) is 37.7 Å². The number of nitriles is 1. The van der Waals surface area contributed by atoms with E-state index in [2.05, 4.69) is 31.8 Å². The molecular weight excluding hydrogens is 204 g/mol. The number of rotatable bonds is 1. The SMILES string of the molecule is Cc1cc(SC(C)(C)C)c(C#N)c(C)n1. The van der Waals surface area contributed by atoms with Gasteiger partial charge in [-0.2, -0.15) is 5.26 Å². The first-order chi connectivity index (χ1) is 6.83. The molecule has 0 atom stereocenters. The minimum Gasteiger partial charge on any atom is -0.257 e. The predicted molar refractivity (Wildman–Crippen MR) is 64.0 cm³/mol. The average molecular weight is 220 g/mol. The normalized spacial score (nSPS) is 11.2. The fourth-order valence-electron chi connectivity index (χ4n) is 1.34. The van der Waals surface area contributed by atoms with E-state index < -0.39 is 0 Å². The molecule has 0 saturated carbocycles. The van der Waals surface area contributed by atoms with Crippen LogP contribution in [-0.2, 0) is 0 Å². The van der Waals surface area contributed by atoms with Crippen molar-refractivity contribution in [3.05, 3.63) is 23.0 Å². The van der Waals surface area contributed by atoms with E-state index in [0.717, 1.165) is 16.3 Å². The summed E-state index contributed by atoms with van der Waals surface area (Å²) < 4.78 is 0.117. The Hall–Kier alpha value is -1.01. The molecule has 2 nitrogen and oxygen atoms in total. The lowest BCUT2D eigenvalue weighted by Gasteiger charge is -2.19. The summed E-state index contributed by atoms with van der Waals surface area (Å²) in [5, 5.41) is 9.08. The molecule has 0 radical (unpaired) electrons. The molecule has 0 N–H and O–H groups in total. The molecule has 15 heavy (non-hydrogen) atoms. The molecule has 0 spiro atoms. The molecule has 0 fully saturated rings. The second kappa shape index (κ2) is 4.24. The number of thioether (sulfide) groups is 1. The van der Waals surface area contributed by atoms with E-state index in [-0.39, 0.29) is 4.75 Å². The Bertz CT molecular complexity index is 411. The van der Waals surface area contributed by atoms with E-state index in [1.165, 1.54) is 0 Å². The van der Waals surface area contributed by atoms with Gasteiger partial charge in [0.2, 0.25) is 0 Å². The lowest BCUT2D eigenvalue weighted by molar-refractivity contribution is 0.802. The van der Waals surface area contributed by atoms with E-state index in [4.69, 9.17) is 5.26 Å². The summed E-state index contributed by atoms with van der Waals surface area (Å²) >= 11 is 1.72. The number of pyridine rings is 1. The summed E-state index contributed by atoms with van der Waals surface area (Å²) in [6, 6.07) is 4.22. The van der Waals surface area contributed by atoms with Gasteiger partial charge in [-0.3, -0.25) is 4.98 Å². The molecule has 1 aromatic rings. The molecule has 0 aliphatic heterocycles. The summed E-state index contributed by atoms with van der Waals surface area (Å²) in [4.78, 5) is 5.34. The molecule has 0 aliphatic carbocycles. The van der Waals surface area contributed by atoms with Gasteiger partial charge in [0.1, 0.15) is 6.07 Å². The standard InChI is InChI=1S/C12H16N2S/c1-8-6-11(15-12(3,4)5)10(7-13)9(2)14-8/h6H,1-5H3. The van der Waals surface area contributed by atoms with Crippen LogP contribution in [0.3, 0.4) is 0 Å². The number of nitrogens with zero attached hydrogens (tertiary/aromatic N) is 2. The van der Waals surface area contributed by atoms with Crippen molar-refractivity contribution in [1.82, 2.24) is 4.98 Å². The van der Waals surface area contributed by atoms with Crippen molar-refractivity contribution in [2.75, 3.05) is 0 Å². The molecule has 0 unspecified atom stereocenters. The highest BCUT2D eigenvalue weighted by atomic mass is 32.2. The van der Waals surface area contributed by atoms with E-state index in [9.17, 15) is 0 Å². The largest absolute Gasteiger partial charge is 0.257 e. The maximum absolute atomic E-state index is 9.08. The zero-order valence-corrected chi connectivity index (χ0v) is 10.7. The molecule has 0 saturated heterocycles. The van der Waals surface area contributed by atoms with Crippen LogP contribution in [-0.4, -0.2) is 9.73 Å². The quantitative estimate of drug-likeness (QED) is 0.680. The third-order valence-corrected chi connectivity index (χ3v) is 2.97. The molecule has 1 aromatic heterocycles. The Morgan fingerprint density at radius 1 is 1.33 bits per heavy atom. The third kappa shape index (κ3) is 3.24. The zero-order valence-electron chi connectivity index (χ0n) is 9.88. The molecule has 0 amide bonds. The van der Waals surface area contributed by atoms with Gasteiger partial charge in [-0.1, -0.05) is 20.8 Å². The Balaban J connectivity index is 3.23. The lowest BCUT2D eigenvalue weighted by Crippen LogP contribution is -2.08. The Labute approximate surface area is 95.7 Å². The molecule has 80 valence electrons. The maximum Gasteiger partial charge on any atom is 0.102 e. The Kier molecular flexibility index (Phi) is 3.41. The molecular formula is C12H16N2S. The van der Waals surface area contributed by atoms with Crippen LogP contribution in [0.25, 0.3) is 0 Å². The van der Waals surface area contributed by atoms with Gasteiger partial charge in [-0.25, -0.2) is 0 Å². The van der Waals surface area contributed by atoms with Crippen LogP contribution in [0.4, 0.5) is 0 Å². The van der Waals surface area contributed by atoms with Crippen LogP contribution >= 0.6 is 11.8 Å². The van der Waals surface area contributed by atoms with Crippen LogP contribution in [0, 0.1) is 25.2 Å². The van der Waals surface area contributed by atoms with Gasteiger partial charge >= 0.3 is 0 Å². The Morgan fingerprint density at radius 2 is 1.93 bits per heavy atom. The van der Waals surface area contributed by atoms with Crippen molar-refractivity contribution in [2.45, 2.75) is 44.3 Å². The van der Waals surface area contributed by atoms with Crippen LogP contribution in [0.2, 0.25) is 0 Å². The smallest absolute Gasteiger partial charge is 0.102 e. The second-order valence-corrected chi connectivity index (χ2v) is 6.42. The summed E-state index contributed by atoms with van der Waals surface area (Å²) in [5.41, 5.74) is 2.50. The number of hydrogen-bond donors (Lipinski definition) is 0. The Morgan fingerprint density at radius 3 is 2.40 bits per heavy atom. The van der Waals surface area contributed by atoms with Crippen LogP contribution < -0.4 is 0 Å². The minimum absolute atomic E-state index is 0.117. The number of aromatic nitrogens is 1. The molecule has 3 heteroatoms. The molecule has 1 rings (SSSR count). The van der Waals surface area contributed by atoms with Crippen molar-refractivity contribution in [3.63, 3.8) is 0 Å². The first-order valence-corrected chi connectivity index (χ1v) is 5.72. The highest BCUT2D eigenvalue weighted by Crippen LogP contribution is 2.34. The van der Waals surface area contributed by atoms with Gasteiger partial charge in [0.25, 0.3) is 0 Å². The van der Waals surface area contributed by atoms with Gasteiger partial charge in [0.15, 0.2) is 0 Å². The second-order valence-electron chi connectivity index (χ2n) is 4.55. The molecule has 0 bridgehead atoms. The zero-order chi connectivity index (χ0) is 11.6. The van der Waals surface area contributed by atoms with Crippen molar-refractivity contribution >= 4 is 11.8 Å². The van der Waals surface area contributed by atoms with E-state index in [0.29, 0.717) is 5.56 Å². The van der Waals surface area contributed by atoms with Gasteiger partial charge in [0, 0.05) is 15.3 Å². The first-order valence-electron chi connectivity index (χ1n) is 4.91. The average Bonchev–Trinajstić information content (AvgIpc) is 1.99. The molecule has 0 aliphatic rings.